The van der Waals surface area contributed by atoms with E-state index in [0.717, 1.165) is 5.69 Å². The number of rotatable bonds is 5. The number of carbonyl (C=O) groups is 1. The van der Waals surface area contributed by atoms with E-state index in [1.54, 1.807) is 18.2 Å². The molecule has 29 heavy (non-hydrogen) atoms. The van der Waals surface area contributed by atoms with E-state index >= 15 is 0 Å². The first kappa shape index (κ1) is 21.3. The summed E-state index contributed by atoms with van der Waals surface area (Å²) in [5.41, 5.74) is 1.10. The maximum absolute atomic E-state index is 12.8. The van der Waals surface area contributed by atoms with Gasteiger partial charge in [0.05, 0.1) is 21.8 Å². The van der Waals surface area contributed by atoms with E-state index in [9.17, 15) is 13.2 Å². The zero-order chi connectivity index (χ0) is 21.2. The minimum Gasteiger partial charge on any atom is -0.298 e. The third-order valence-electron chi connectivity index (χ3n) is 4.03. The number of sulfonamides is 1. The highest BCUT2D eigenvalue weighted by molar-refractivity contribution is 7.92. The molecule has 152 valence electrons. The zero-order valence-corrected chi connectivity index (χ0v) is 18.5. The summed E-state index contributed by atoms with van der Waals surface area (Å²) in [6, 6.07) is 12.2. The van der Waals surface area contributed by atoms with Crippen molar-refractivity contribution in [2.75, 3.05) is 10.0 Å². The fourth-order valence-electron chi connectivity index (χ4n) is 2.43. The molecule has 1 amide bonds. The van der Waals surface area contributed by atoms with Crippen LogP contribution >= 0.6 is 22.9 Å². The highest BCUT2D eigenvalue weighted by Gasteiger charge is 2.21. The van der Waals surface area contributed by atoms with Gasteiger partial charge in [-0.15, -0.1) is 11.3 Å². The molecule has 1 heterocycles. The zero-order valence-electron chi connectivity index (χ0n) is 16.1. The van der Waals surface area contributed by atoms with Crippen molar-refractivity contribution in [2.45, 2.75) is 31.1 Å². The van der Waals surface area contributed by atoms with Gasteiger partial charge in [-0.05, 0) is 36.4 Å². The molecule has 0 aliphatic carbocycles. The third-order valence-corrected chi connectivity index (χ3v) is 6.42. The van der Waals surface area contributed by atoms with Crippen molar-refractivity contribution in [3.05, 3.63) is 70.2 Å². The smallest absolute Gasteiger partial charge is 0.261 e. The number of benzene rings is 2. The van der Waals surface area contributed by atoms with Gasteiger partial charge in [0.25, 0.3) is 15.9 Å². The Labute approximate surface area is 179 Å². The Balaban J connectivity index is 1.84. The van der Waals surface area contributed by atoms with Crippen LogP contribution in [0, 0.1) is 0 Å². The van der Waals surface area contributed by atoms with Gasteiger partial charge in [0.1, 0.15) is 0 Å². The van der Waals surface area contributed by atoms with Crippen molar-refractivity contribution in [1.29, 1.82) is 0 Å². The van der Waals surface area contributed by atoms with Crippen molar-refractivity contribution in [2.24, 2.45) is 0 Å². The normalized spacial score (nSPS) is 11.9. The monoisotopic (exact) mass is 449 g/mol. The van der Waals surface area contributed by atoms with Crippen LogP contribution in [0.5, 0.6) is 0 Å². The van der Waals surface area contributed by atoms with E-state index in [-0.39, 0.29) is 21.6 Å². The molecule has 9 heteroatoms. The molecular formula is C20H20ClN3O3S2. The maximum Gasteiger partial charge on any atom is 0.261 e. The number of aromatic nitrogens is 1. The van der Waals surface area contributed by atoms with Gasteiger partial charge in [-0.25, -0.2) is 13.4 Å². The molecule has 2 N–H and O–H groups in total. The summed E-state index contributed by atoms with van der Waals surface area (Å²) in [6.07, 6.45) is 0. The molecule has 0 unspecified atom stereocenters. The number of carbonyl (C=O) groups excluding carboxylic acids is 1. The molecular weight excluding hydrogens is 430 g/mol. The van der Waals surface area contributed by atoms with Crippen molar-refractivity contribution in [3.63, 3.8) is 0 Å². The molecule has 0 bridgehead atoms. The Hall–Kier alpha value is -2.42. The molecule has 2 aromatic carbocycles. The molecule has 0 fully saturated rings. The number of hydrogen-bond donors (Lipinski definition) is 2. The first-order valence-corrected chi connectivity index (χ1v) is 11.4. The van der Waals surface area contributed by atoms with E-state index in [2.05, 4.69) is 15.0 Å². The topological polar surface area (TPSA) is 88.2 Å². The predicted octanol–water partition coefficient (Wildman–Crippen LogP) is 5.15. The van der Waals surface area contributed by atoms with Crippen molar-refractivity contribution >= 4 is 49.7 Å². The van der Waals surface area contributed by atoms with E-state index in [1.807, 2.05) is 26.2 Å². The molecule has 1 aromatic heterocycles. The Morgan fingerprint density at radius 3 is 2.34 bits per heavy atom. The Bertz CT molecular complexity index is 1130. The number of halogens is 1. The Kier molecular flexibility index (Phi) is 5.97. The molecule has 0 saturated heterocycles. The van der Waals surface area contributed by atoms with Crippen LogP contribution in [-0.4, -0.2) is 19.3 Å². The lowest BCUT2D eigenvalue weighted by atomic mass is 9.93. The molecule has 0 saturated carbocycles. The van der Waals surface area contributed by atoms with Gasteiger partial charge in [0.2, 0.25) is 0 Å². The van der Waals surface area contributed by atoms with Crippen LogP contribution in [0.15, 0.2) is 58.8 Å². The fraction of sp³-hybridized carbons (Fsp3) is 0.200. The molecule has 6 nitrogen and oxygen atoms in total. The van der Waals surface area contributed by atoms with Crippen LogP contribution in [0.25, 0.3) is 0 Å². The molecule has 3 rings (SSSR count). The summed E-state index contributed by atoms with van der Waals surface area (Å²) in [6.45, 7) is 6.11. The van der Waals surface area contributed by atoms with Gasteiger partial charge in [-0.3, -0.25) is 14.8 Å². The third kappa shape index (κ3) is 5.14. The van der Waals surface area contributed by atoms with Gasteiger partial charge < -0.3 is 0 Å². The highest BCUT2D eigenvalue weighted by Crippen LogP contribution is 2.27. The lowest BCUT2D eigenvalue weighted by molar-refractivity contribution is 0.102. The number of anilines is 2. The van der Waals surface area contributed by atoms with Gasteiger partial charge in [0, 0.05) is 15.8 Å². The van der Waals surface area contributed by atoms with Gasteiger partial charge >= 0.3 is 0 Å². The average molecular weight is 450 g/mol. The number of nitrogens with zero attached hydrogens (tertiary/aromatic N) is 1. The SMILES string of the molecule is CC(C)(C)c1csc(NC(=O)c2ccccc2NS(=O)(=O)c2ccc(Cl)cc2)n1. The standard InChI is InChI=1S/C20H20ClN3O3S2/c1-20(2,3)17-12-28-19(22-17)23-18(25)15-6-4-5-7-16(15)24-29(26,27)14-10-8-13(21)9-11-14/h4-12,24H,1-3H3,(H,22,23,25). The molecule has 0 atom stereocenters. The molecule has 0 aliphatic heterocycles. The Morgan fingerprint density at radius 2 is 1.72 bits per heavy atom. The molecule has 0 radical (unpaired) electrons. The highest BCUT2D eigenvalue weighted by atomic mass is 35.5. The van der Waals surface area contributed by atoms with Crippen molar-refractivity contribution < 1.29 is 13.2 Å². The predicted molar refractivity (Wildman–Crippen MR) is 117 cm³/mol. The van der Waals surface area contributed by atoms with E-state index in [1.165, 1.54) is 41.7 Å². The lowest BCUT2D eigenvalue weighted by Gasteiger charge is -2.14. The van der Waals surface area contributed by atoms with E-state index in [0.29, 0.717) is 10.2 Å². The van der Waals surface area contributed by atoms with Crippen LogP contribution < -0.4 is 10.0 Å². The number of para-hydroxylation sites is 1. The second-order valence-electron chi connectivity index (χ2n) is 7.35. The van der Waals surface area contributed by atoms with Crippen LogP contribution in [-0.2, 0) is 15.4 Å². The number of nitrogens with one attached hydrogen (secondary N) is 2. The van der Waals surface area contributed by atoms with Gasteiger partial charge in [0.15, 0.2) is 5.13 Å². The summed E-state index contributed by atoms with van der Waals surface area (Å²) < 4.78 is 27.8. The second kappa shape index (κ2) is 8.14. The molecule has 0 aliphatic rings. The number of hydrogen-bond acceptors (Lipinski definition) is 5. The minimum absolute atomic E-state index is 0.0480. The quantitative estimate of drug-likeness (QED) is 0.564. The van der Waals surface area contributed by atoms with E-state index in [4.69, 9.17) is 11.6 Å². The summed E-state index contributed by atoms with van der Waals surface area (Å²) in [5, 5.41) is 5.52. The summed E-state index contributed by atoms with van der Waals surface area (Å²) >= 11 is 7.14. The molecule has 3 aromatic rings. The summed E-state index contributed by atoms with van der Waals surface area (Å²) in [4.78, 5) is 17.3. The van der Waals surface area contributed by atoms with E-state index < -0.39 is 15.9 Å². The average Bonchev–Trinajstić information content (AvgIpc) is 3.11. The van der Waals surface area contributed by atoms with Crippen molar-refractivity contribution in [1.82, 2.24) is 4.98 Å². The van der Waals surface area contributed by atoms with Gasteiger partial charge in [-0.1, -0.05) is 44.5 Å². The minimum atomic E-state index is -3.88. The largest absolute Gasteiger partial charge is 0.298 e. The summed E-state index contributed by atoms with van der Waals surface area (Å²) in [7, 11) is -3.88. The fourth-order valence-corrected chi connectivity index (χ4v) is 4.57. The van der Waals surface area contributed by atoms with Gasteiger partial charge in [-0.2, -0.15) is 0 Å². The first-order valence-electron chi connectivity index (χ1n) is 8.71. The van der Waals surface area contributed by atoms with Crippen LogP contribution in [0.4, 0.5) is 10.8 Å². The maximum atomic E-state index is 12.8. The van der Waals surface area contributed by atoms with Crippen LogP contribution in [0.3, 0.4) is 0 Å². The van der Waals surface area contributed by atoms with Crippen LogP contribution in [0.1, 0.15) is 36.8 Å². The Morgan fingerprint density at radius 1 is 1.07 bits per heavy atom. The molecule has 0 spiro atoms. The first-order chi connectivity index (χ1) is 13.6. The lowest BCUT2D eigenvalue weighted by Crippen LogP contribution is -2.19. The second-order valence-corrected chi connectivity index (χ2v) is 10.3. The number of thiazole rings is 1. The van der Waals surface area contributed by atoms with Crippen LogP contribution in [0.2, 0.25) is 5.02 Å². The van der Waals surface area contributed by atoms with Crippen molar-refractivity contribution in [3.8, 4) is 0 Å². The number of amides is 1. The summed E-state index contributed by atoms with van der Waals surface area (Å²) in [5.74, 6) is -0.450.